The Bertz CT molecular complexity index is 1430. The number of hydrogen-bond acceptors (Lipinski definition) is 5. The largest absolute Gasteiger partial charge is 0.490 e. The zero-order valence-electron chi connectivity index (χ0n) is 19.2. The number of hydrogen-bond donors (Lipinski definition) is 2. The smallest absolute Gasteiger partial charge is 0.390 e. The fourth-order valence-corrected chi connectivity index (χ4v) is 3.76. The first-order chi connectivity index (χ1) is 17.1. The van der Waals surface area contributed by atoms with Crippen LogP contribution >= 0.6 is 0 Å². The number of aryl methyl sites for hydroxylation is 1. The summed E-state index contributed by atoms with van der Waals surface area (Å²) in [5.41, 5.74) is 2.36. The van der Waals surface area contributed by atoms with Crippen LogP contribution in [0, 0.1) is 12.7 Å². The number of carboxylic acids is 1. The molecule has 0 atom stereocenters. The third-order valence-corrected chi connectivity index (χ3v) is 5.43. The molecule has 0 unspecified atom stereocenters. The molecule has 3 aromatic carbocycles. The van der Waals surface area contributed by atoms with E-state index in [-0.39, 0.29) is 28.5 Å². The summed E-state index contributed by atoms with van der Waals surface area (Å²) in [6, 6.07) is 11.9. The zero-order chi connectivity index (χ0) is 26.0. The number of halogens is 4. The van der Waals surface area contributed by atoms with E-state index in [0.717, 1.165) is 0 Å². The number of benzene rings is 3. The van der Waals surface area contributed by atoms with E-state index in [4.69, 9.17) is 9.47 Å². The van der Waals surface area contributed by atoms with Gasteiger partial charge in [-0.05, 0) is 42.8 Å². The molecule has 0 aliphatic heterocycles. The van der Waals surface area contributed by atoms with Crippen LogP contribution in [0.5, 0.6) is 17.2 Å². The minimum Gasteiger partial charge on any atom is -0.490 e. The van der Waals surface area contributed by atoms with Crippen molar-refractivity contribution in [2.75, 3.05) is 19.0 Å². The molecular formula is C25H21F4N3O4. The Balaban J connectivity index is 1.81. The van der Waals surface area contributed by atoms with Gasteiger partial charge in [-0.2, -0.15) is 13.2 Å². The molecule has 0 fully saturated rings. The zero-order valence-corrected chi connectivity index (χ0v) is 19.2. The van der Waals surface area contributed by atoms with Crippen LogP contribution in [0.1, 0.15) is 22.3 Å². The lowest BCUT2D eigenvalue weighted by atomic mass is 10.1. The van der Waals surface area contributed by atoms with Crippen LogP contribution in [0.25, 0.3) is 16.7 Å². The fourth-order valence-electron chi connectivity index (χ4n) is 3.76. The van der Waals surface area contributed by atoms with Gasteiger partial charge >= 0.3 is 12.1 Å². The van der Waals surface area contributed by atoms with Crippen LogP contribution in [0.3, 0.4) is 0 Å². The van der Waals surface area contributed by atoms with E-state index in [9.17, 15) is 27.5 Å². The molecule has 4 aromatic rings. The van der Waals surface area contributed by atoms with Crippen molar-refractivity contribution in [3.05, 3.63) is 71.8 Å². The predicted octanol–water partition coefficient (Wildman–Crippen LogP) is 6.34. The highest BCUT2D eigenvalue weighted by molar-refractivity contribution is 5.92. The number of nitrogens with one attached hydrogen (secondary N) is 1. The molecule has 0 radical (unpaired) electrons. The standard InChI is InChI=1S/C25H21F4N3O4/c1-14-10-15(6-7-17(14)24(33)34)32-13-31-22-19(30-9-8-25(27,28)29)11-16(12-20(22)32)36-21-5-3-4-18(26)23(21)35-2/h3-7,10-13,30H,8-9H2,1-2H3,(H,33,34). The van der Waals surface area contributed by atoms with Crippen molar-refractivity contribution in [3.63, 3.8) is 0 Å². The highest BCUT2D eigenvalue weighted by Crippen LogP contribution is 2.37. The van der Waals surface area contributed by atoms with E-state index < -0.39 is 30.9 Å². The summed E-state index contributed by atoms with van der Waals surface area (Å²) in [5, 5.41) is 12.1. The number of methoxy groups -OCH3 is 1. The second-order valence-corrected chi connectivity index (χ2v) is 7.92. The molecule has 0 bridgehead atoms. The van der Waals surface area contributed by atoms with E-state index in [2.05, 4.69) is 10.3 Å². The molecule has 0 aliphatic carbocycles. The van der Waals surface area contributed by atoms with Crippen molar-refractivity contribution < 1.29 is 36.9 Å². The molecular weight excluding hydrogens is 482 g/mol. The van der Waals surface area contributed by atoms with Gasteiger partial charge in [-0.3, -0.25) is 4.57 Å². The molecule has 7 nitrogen and oxygen atoms in total. The van der Waals surface area contributed by atoms with Crippen LogP contribution in [0.4, 0.5) is 23.2 Å². The molecule has 0 saturated carbocycles. The number of aromatic nitrogens is 2. The average molecular weight is 503 g/mol. The Labute approximate surface area is 202 Å². The molecule has 11 heteroatoms. The van der Waals surface area contributed by atoms with E-state index in [1.807, 2.05) is 0 Å². The van der Waals surface area contributed by atoms with E-state index in [1.165, 1.54) is 43.8 Å². The fraction of sp³-hybridized carbons (Fsp3) is 0.200. The summed E-state index contributed by atoms with van der Waals surface area (Å²) in [7, 11) is 1.29. The van der Waals surface area contributed by atoms with Crippen molar-refractivity contribution in [2.45, 2.75) is 19.5 Å². The lowest BCUT2D eigenvalue weighted by Crippen LogP contribution is -2.14. The van der Waals surface area contributed by atoms with E-state index in [0.29, 0.717) is 22.3 Å². The molecule has 0 spiro atoms. The quantitative estimate of drug-likeness (QED) is 0.273. The molecule has 4 rings (SSSR count). The number of fused-ring (bicyclic) bond motifs is 1. The first-order valence-corrected chi connectivity index (χ1v) is 10.7. The summed E-state index contributed by atoms with van der Waals surface area (Å²) in [6.07, 6.45) is -3.94. The summed E-state index contributed by atoms with van der Waals surface area (Å²) in [5.74, 6) is -1.56. The van der Waals surface area contributed by atoms with Gasteiger partial charge in [-0.25, -0.2) is 14.2 Å². The Morgan fingerprint density at radius 3 is 2.61 bits per heavy atom. The van der Waals surface area contributed by atoms with Gasteiger partial charge in [-0.15, -0.1) is 0 Å². The van der Waals surface area contributed by atoms with Crippen molar-refractivity contribution in [3.8, 4) is 22.9 Å². The summed E-state index contributed by atoms with van der Waals surface area (Å²) in [4.78, 5) is 15.7. The summed E-state index contributed by atoms with van der Waals surface area (Å²) in [6.45, 7) is 1.26. The lowest BCUT2D eigenvalue weighted by Gasteiger charge is -2.15. The number of nitrogens with zero attached hydrogens (tertiary/aromatic N) is 2. The van der Waals surface area contributed by atoms with Crippen LogP contribution < -0.4 is 14.8 Å². The minimum atomic E-state index is -4.35. The average Bonchev–Trinajstić information content (AvgIpc) is 3.22. The number of aromatic carboxylic acids is 1. The second kappa shape index (κ2) is 9.76. The Kier molecular flexibility index (Phi) is 6.73. The molecule has 0 aliphatic rings. The van der Waals surface area contributed by atoms with Gasteiger partial charge in [-0.1, -0.05) is 6.07 Å². The maximum atomic E-state index is 14.1. The van der Waals surface area contributed by atoms with Crippen molar-refractivity contribution in [1.29, 1.82) is 0 Å². The van der Waals surface area contributed by atoms with Crippen molar-refractivity contribution >= 4 is 22.7 Å². The lowest BCUT2D eigenvalue weighted by molar-refractivity contribution is -0.131. The normalized spacial score (nSPS) is 11.5. The molecule has 1 aromatic heterocycles. The SMILES string of the molecule is COc1c(F)cccc1Oc1cc(NCCC(F)(F)F)c2ncn(-c3ccc(C(=O)O)c(C)c3)c2c1. The Morgan fingerprint density at radius 1 is 1.17 bits per heavy atom. The maximum absolute atomic E-state index is 14.1. The van der Waals surface area contributed by atoms with Gasteiger partial charge in [0.1, 0.15) is 17.6 Å². The Morgan fingerprint density at radius 2 is 1.94 bits per heavy atom. The second-order valence-electron chi connectivity index (χ2n) is 7.92. The molecule has 0 amide bonds. The van der Waals surface area contributed by atoms with Crippen LogP contribution in [-0.2, 0) is 0 Å². The van der Waals surface area contributed by atoms with E-state index in [1.54, 1.807) is 29.7 Å². The number of ether oxygens (including phenoxy) is 2. The number of anilines is 1. The third kappa shape index (κ3) is 5.19. The highest BCUT2D eigenvalue weighted by atomic mass is 19.4. The number of alkyl halides is 3. The molecule has 188 valence electrons. The monoisotopic (exact) mass is 503 g/mol. The van der Waals surface area contributed by atoms with Crippen molar-refractivity contribution in [1.82, 2.24) is 9.55 Å². The van der Waals surface area contributed by atoms with E-state index >= 15 is 0 Å². The van der Waals surface area contributed by atoms with Crippen LogP contribution in [-0.4, -0.2) is 40.5 Å². The Hall–Kier alpha value is -4.28. The number of imidazole rings is 1. The molecule has 1 heterocycles. The first kappa shape index (κ1) is 24.8. The summed E-state index contributed by atoms with van der Waals surface area (Å²) < 4.78 is 65.0. The number of carboxylic acid groups (broad SMARTS) is 1. The van der Waals surface area contributed by atoms with Gasteiger partial charge in [0.05, 0.1) is 30.3 Å². The van der Waals surface area contributed by atoms with Gasteiger partial charge in [0.15, 0.2) is 17.3 Å². The first-order valence-electron chi connectivity index (χ1n) is 10.7. The molecule has 36 heavy (non-hydrogen) atoms. The maximum Gasteiger partial charge on any atom is 0.390 e. The summed E-state index contributed by atoms with van der Waals surface area (Å²) >= 11 is 0. The van der Waals surface area contributed by atoms with Gasteiger partial charge < -0.3 is 19.9 Å². The van der Waals surface area contributed by atoms with Gasteiger partial charge in [0.2, 0.25) is 0 Å². The van der Waals surface area contributed by atoms with Gasteiger partial charge in [0, 0.05) is 24.4 Å². The van der Waals surface area contributed by atoms with Crippen LogP contribution in [0.2, 0.25) is 0 Å². The number of carbonyl (C=O) groups is 1. The number of rotatable bonds is 8. The van der Waals surface area contributed by atoms with Gasteiger partial charge in [0.25, 0.3) is 0 Å². The third-order valence-electron chi connectivity index (χ3n) is 5.43. The molecule has 0 saturated heterocycles. The minimum absolute atomic E-state index is 0.0748. The van der Waals surface area contributed by atoms with Crippen LogP contribution in [0.15, 0.2) is 54.9 Å². The number of para-hydroxylation sites is 1. The topological polar surface area (TPSA) is 85.6 Å². The molecule has 2 N–H and O–H groups in total. The van der Waals surface area contributed by atoms with Crippen molar-refractivity contribution in [2.24, 2.45) is 0 Å². The highest BCUT2D eigenvalue weighted by Gasteiger charge is 2.26. The predicted molar refractivity (Wildman–Crippen MR) is 125 cm³/mol.